The van der Waals surface area contributed by atoms with Gasteiger partial charge in [-0.05, 0) is 42.0 Å². The highest BCUT2D eigenvalue weighted by atomic mass is 35.5. The molecule has 1 aromatic heterocycles. The zero-order valence-electron chi connectivity index (χ0n) is 16.2. The van der Waals surface area contributed by atoms with Crippen molar-refractivity contribution in [3.05, 3.63) is 52.0 Å². The highest BCUT2D eigenvalue weighted by Gasteiger charge is 2.13. The largest absolute Gasteiger partial charge is 0.493 e. The van der Waals surface area contributed by atoms with Crippen LogP contribution in [-0.2, 0) is 4.79 Å². The summed E-state index contributed by atoms with van der Waals surface area (Å²) in [4.78, 5) is 12.2. The number of anilines is 1. The van der Waals surface area contributed by atoms with Gasteiger partial charge in [-0.25, -0.2) is 0 Å². The number of hydrogen-bond acceptors (Lipinski definition) is 7. The van der Waals surface area contributed by atoms with Crippen molar-refractivity contribution in [1.29, 1.82) is 0 Å². The molecule has 156 valence electrons. The summed E-state index contributed by atoms with van der Waals surface area (Å²) in [5.74, 6) is 1.10. The van der Waals surface area contributed by atoms with Crippen LogP contribution in [0.5, 0.6) is 17.2 Å². The van der Waals surface area contributed by atoms with Gasteiger partial charge in [0.15, 0.2) is 11.5 Å². The predicted molar refractivity (Wildman–Crippen MR) is 114 cm³/mol. The van der Waals surface area contributed by atoms with E-state index in [1.165, 1.54) is 27.4 Å². The molecule has 0 radical (unpaired) electrons. The van der Waals surface area contributed by atoms with Gasteiger partial charge in [0.25, 0.3) is 5.91 Å². The second kappa shape index (κ2) is 9.51. The summed E-state index contributed by atoms with van der Waals surface area (Å²) in [5, 5.41) is 11.0. The summed E-state index contributed by atoms with van der Waals surface area (Å²) in [5.41, 5.74) is 1.20. The zero-order valence-corrected chi connectivity index (χ0v) is 17.7. The van der Waals surface area contributed by atoms with Gasteiger partial charge in [-0.1, -0.05) is 28.3 Å². The number of carbonyl (C=O) groups is 1. The molecule has 2 aromatic carbocycles. The normalized spacial score (nSPS) is 10.8. The van der Waals surface area contributed by atoms with E-state index in [1.807, 2.05) is 0 Å². The van der Waals surface area contributed by atoms with E-state index in [0.29, 0.717) is 38.4 Å². The van der Waals surface area contributed by atoms with Gasteiger partial charge < -0.3 is 18.6 Å². The minimum Gasteiger partial charge on any atom is -0.493 e. The second-order valence-electron chi connectivity index (χ2n) is 5.85. The van der Waals surface area contributed by atoms with E-state index in [4.69, 9.17) is 41.8 Å². The molecule has 0 aliphatic rings. The fraction of sp³-hybridized carbons (Fsp3) is 0.150. The molecule has 0 spiro atoms. The van der Waals surface area contributed by atoms with Crippen LogP contribution in [0.3, 0.4) is 0 Å². The van der Waals surface area contributed by atoms with E-state index in [1.54, 1.807) is 36.4 Å². The van der Waals surface area contributed by atoms with Crippen molar-refractivity contribution in [3.8, 4) is 28.7 Å². The molecule has 1 N–H and O–H groups in total. The number of nitrogens with one attached hydrogen (secondary N) is 1. The van der Waals surface area contributed by atoms with Crippen LogP contribution >= 0.6 is 23.2 Å². The van der Waals surface area contributed by atoms with Crippen molar-refractivity contribution in [3.63, 3.8) is 0 Å². The third-order valence-electron chi connectivity index (χ3n) is 3.88. The number of ether oxygens (including phenoxy) is 3. The van der Waals surface area contributed by atoms with Crippen LogP contribution in [0.4, 0.5) is 6.01 Å². The Hall–Kier alpha value is -3.23. The molecule has 3 aromatic rings. The number of benzene rings is 2. The minimum atomic E-state index is -0.469. The van der Waals surface area contributed by atoms with Crippen LogP contribution in [0.1, 0.15) is 5.56 Å². The summed E-state index contributed by atoms with van der Waals surface area (Å²) in [6.07, 6.45) is 2.88. The van der Waals surface area contributed by atoms with Gasteiger partial charge >= 0.3 is 6.01 Å². The third kappa shape index (κ3) is 5.03. The monoisotopic (exact) mass is 449 g/mol. The first-order valence-electron chi connectivity index (χ1n) is 8.52. The van der Waals surface area contributed by atoms with Crippen LogP contribution in [0.2, 0.25) is 10.0 Å². The van der Waals surface area contributed by atoms with Crippen LogP contribution in [0.25, 0.3) is 17.5 Å². The van der Waals surface area contributed by atoms with Gasteiger partial charge in [0, 0.05) is 21.7 Å². The predicted octanol–water partition coefficient (Wildman–Crippen LogP) is 4.72. The van der Waals surface area contributed by atoms with Gasteiger partial charge in [0.05, 0.1) is 21.3 Å². The molecule has 8 nitrogen and oxygen atoms in total. The van der Waals surface area contributed by atoms with Gasteiger partial charge in [0.2, 0.25) is 11.6 Å². The number of halogens is 2. The number of carbonyl (C=O) groups excluding carboxylic acids is 1. The summed E-state index contributed by atoms with van der Waals surface area (Å²) < 4.78 is 21.3. The van der Waals surface area contributed by atoms with E-state index in [-0.39, 0.29) is 11.9 Å². The minimum absolute atomic E-state index is 0.0689. The quantitative estimate of drug-likeness (QED) is 0.521. The summed E-state index contributed by atoms with van der Waals surface area (Å²) in [6, 6.07) is 8.17. The number of amides is 1. The van der Waals surface area contributed by atoms with Crippen molar-refractivity contribution in [2.45, 2.75) is 0 Å². The van der Waals surface area contributed by atoms with Crippen LogP contribution in [-0.4, -0.2) is 37.4 Å². The van der Waals surface area contributed by atoms with E-state index in [2.05, 4.69) is 15.5 Å². The van der Waals surface area contributed by atoms with Crippen molar-refractivity contribution in [2.24, 2.45) is 0 Å². The molecule has 0 aliphatic heterocycles. The van der Waals surface area contributed by atoms with E-state index in [9.17, 15) is 4.79 Å². The fourth-order valence-electron chi connectivity index (χ4n) is 2.58. The Labute approximate surface area is 182 Å². The molecule has 1 amide bonds. The summed E-state index contributed by atoms with van der Waals surface area (Å²) >= 11 is 11.9. The number of methoxy groups -OCH3 is 3. The molecule has 0 unspecified atom stereocenters. The standard InChI is InChI=1S/C20H17Cl2N3O5/c1-27-15-6-11(7-16(28-2)18(15)29-3)4-5-17(26)23-20-25-24-19(30-20)12-8-13(21)10-14(22)9-12/h4-10H,1-3H3,(H,23,25,26). The number of aromatic nitrogens is 2. The molecule has 0 fully saturated rings. The van der Waals surface area contributed by atoms with Crippen molar-refractivity contribution in [1.82, 2.24) is 10.2 Å². The molecule has 10 heteroatoms. The molecule has 3 rings (SSSR count). The van der Waals surface area contributed by atoms with E-state index in [0.717, 1.165) is 0 Å². The maximum atomic E-state index is 12.2. The average Bonchev–Trinajstić information content (AvgIpc) is 3.19. The average molecular weight is 450 g/mol. The highest BCUT2D eigenvalue weighted by Crippen LogP contribution is 2.38. The smallest absolute Gasteiger partial charge is 0.322 e. The maximum Gasteiger partial charge on any atom is 0.322 e. The van der Waals surface area contributed by atoms with Crippen molar-refractivity contribution >= 4 is 41.2 Å². The van der Waals surface area contributed by atoms with E-state index >= 15 is 0 Å². The van der Waals surface area contributed by atoms with Crippen molar-refractivity contribution < 1.29 is 23.4 Å². The molecule has 1 heterocycles. The SMILES string of the molecule is COc1cc(C=CC(=O)Nc2nnc(-c3cc(Cl)cc(Cl)c3)o2)cc(OC)c1OC. The van der Waals surface area contributed by atoms with Crippen LogP contribution in [0, 0.1) is 0 Å². The molecule has 0 saturated carbocycles. The second-order valence-corrected chi connectivity index (χ2v) is 6.72. The molecular formula is C20H17Cl2N3O5. The number of nitrogens with zero attached hydrogens (tertiary/aromatic N) is 2. The lowest BCUT2D eigenvalue weighted by Crippen LogP contribution is -2.07. The lowest BCUT2D eigenvalue weighted by molar-refractivity contribution is -0.112. The van der Waals surface area contributed by atoms with Gasteiger partial charge in [-0.15, -0.1) is 5.10 Å². The fourth-order valence-corrected chi connectivity index (χ4v) is 3.11. The van der Waals surface area contributed by atoms with Gasteiger partial charge in [0.1, 0.15) is 0 Å². The molecular weight excluding hydrogens is 433 g/mol. The first-order valence-corrected chi connectivity index (χ1v) is 9.28. The molecule has 0 aliphatic carbocycles. The van der Waals surface area contributed by atoms with Gasteiger partial charge in [-0.2, -0.15) is 0 Å². The molecule has 30 heavy (non-hydrogen) atoms. The Bertz CT molecular complexity index is 1050. The Balaban J connectivity index is 1.73. The summed E-state index contributed by atoms with van der Waals surface area (Å²) in [6.45, 7) is 0. The Morgan fingerprint density at radius 3 is 2.17 bits per heavy atom. The summed E-state index contributed by atoms with van der Waals surface area (Å²) in [7, 11) is 4.54. The van der Waals surface area contributed by atoms with Crippen molar-refractivity contribution in [2.75, 3.05) is 26.6 Å². The number of rotatable bonds is 7. The Kier molecular flexibility index (Phi) is 6.81. The third-order valence-corrected chi connectivity index (χ3v) is 4.32. The first-order chi connectivity index (χ1) is 14.4. The molecule has 0 saturated heterocycles. The van der Waals surface area contributed by atoms with Gasteiger partial charge in [-0.3, -0.25) is 10.1 Å². The lowest BCUT2D eigenvalue weighted by atomic mass is 10.1. The highest BCUT2D eigenvalue weighted by molar-refractivity contribution is 6.35. The molecule has 0 atom stereocenters. The zero-order chi connectivity index (χ0) is 21.7. The van der Waals surface area contributed by atoms with E-state index < -0.39 is 5.91 Å². The lowest BCUT2D eigenvalue weighted by Gasteiger charge is -2.12. The Morgan fingerprint density at radius 1 is 0.967 bits per heavy atom. The van der Waals surface area contributed by atoms with Crippen LogP contribution in [0.15, 0.2) is 40.8 Å². The maximum absolute atomic E-state index is 12.2. The molecule has 0 bridgehead atoms. The number of hydrogen-bond donors (Lipinski definition) is 1. The first kappa shape index (κ1) is 21.5. The topological polar surface area (TPSA) is 95.7 Å². The Morgan fingerprint density at radius 2 is 1.60 bits per heavy atom. The van der Waals surface area contributed by atoms with Crippen LogP contribution < -0.4 is 19.5 Å².